The van der Waals surface area contributed by atoms with Gasteiger partial charge in [0.25, 0.3) is 5.91 Å². The van der Waals surface area contributed by atoms with E-state index in [1.54, 1.807) is 20.1 Å². The molecule has 29 heavy (non-hydrogen) atoms. The van der Waals surface area contributed by atoms with E-state index in [9.17, 15) is 9.59 Å². The lowest BCUT2D eigenvalue weighted by Crippen LogP contribution is -2.32. The Morgan fingerprint density at radius 3 is 2.62 bits per heavy atom. The fraction of sp³-hybridized carbons (Fsp3) is 0.217. The van der Waals surface area contributed by atoms with Crippen molar-refractivity contribution in [3.8, 4) is 5.75 Å². The molecule has 0 unspecified atom stereocenters. The number of benzene rings is 2. The number of carbonyl (C=O) groups excluding carboxylic acids is 2. The first-order chi connectivity index (χ1) is 14.1. The van der Waals surface area contributed by atoms with Crippen LogP contribution in [0.4, 0.5) is 0 Å². The highest BCUT2D eigenvalue weighted by molar-refractivity contribution is 5.86. The van der Waals surface area contributed by atoms with Crippen molar-refractivity contribution >= 4 is 22.8 Å². The van der Waals surface area contributed by atoms with Crippen LogP contribution in [0.3, 0.4) is 0 Å². The highest BCUT2D eigenvalue weighted by Gasteiger charge is 2.19. The van der Waals surface area contributed by atoms with Crippen molar-refractivity contribution in [2.75, 3.05) is 20.3 Å². The second-order valence-corrected chi connectivity index (χ2v) is 6.53. The Kier molecular flexibility index (Phi) is 6.68. The number of aromatic nitrogens is 1. The SMILES string of the molecule is C/C=C/C(=O)OCC(=O)NC[C@@H](c1ccc(OC)cc1)c1c[nH]c2ccccc12. The van der Waals surface area contributed by atoms with Gasteiger partial charge < -0.3 is 19.8 Å². The summed E-state index contributed by atoms with van der Waals surface area (Å²) in [4.78, 5) is 26.9. The topological polar surface area (TPSA) is 80.4 Å². The number of methoxy groups -OCH3 is 1. The van der Waals surface area contributed by atoms with Crippen LogP contribution in [0.5, 0.6) is 5.75 Å². The van der Waals surface area contributed by atoms with E-state index in [4.69, 9.17) is 9.47 Å². The second kappa shape index (κ2) is 9.59. The third-order valence-electron chi connectivity index (χ3n) is 4.67. The van der Waals surface area contributed by atoms with Crippen LogP contribution in [0.15, 0.2) is 66.9 Å². The van der Waals surface area contributed by atoms with Crippen molar-refractivity contribution in [1.29, 1.82) is 0 Å². The minimum absolute atomic E-state index is 0.0766. The quantitative estimate of drug-likeness (QED) is 0.454. The number of esters is 1. The Morgan fingerprint density at radius 1 is 1.14 bits per heavy atom. The molecule has 0 aliphatic carbocycles. The molecule has 150 valence electrons. The van der Waals surface area contributed by atoms with Gasteiger partial charge in [-0.3, -0.25) is 4.79 Å². The third-order valence-corrected chi connectivity index (χ3v) is 4.67. The van der Waals surface area contributed by atoms with Crippen LogP contribution < -0.4 is 10.1 Å². The van der Waals surface area contributed by atoms with E-state index < -0.39 is 5.97 Å². The molecule has 6 nitrogen and oxygen atoms in total. The Morgan fingerprint density at radius 2 is 1.90 bits per heavy atom. The molecule has 1 heterocycles. The molecule has 0 saturated carbocycles. The lowest BCUT2D eigenvalue weighted by molar-refractivity contribution is -0.143. The van der Waals surface area contributed by atoms with E-state index >= 15 is 0 Å². The van der Waals surface area contributed by atoms with Crippen molar-refractivity contribution in [3.63, 3.8) is 0 Å². The van der Waals surface area contributed by atoms with E-state index in [-0.39, 0.29) is 18.4 Å². The number of rotatable bonds is 8. The van der Waals surface area contributed by atoms with Gasteiger partial charge in [-0.25, -0.2) is 4.79 Å². The van der Waals surface area contributed by atoms with Gasteiger partial charge in [-0.05, 0) is 36.2 Å². The summed E-state index contributed by atoms with van der Waals surface area (Å²) in [5.41, 5.74) is 3.16. The first kappa shape index (κ1) is 20.2. The number of ether oxygens (including phenoxy) is 2. The largest absolute Gasteiger partial charge is 0.497 e. The smallest absolute Gasteiger partial charge is 0.330 e. The normalized spacial score (nSPS) is 12.1. The van der Waals surface area contributed by atoms with E-state index in [1.165, 1.54) is 6.08 Å². The molecule has 0 radical (unpaired) electrons. The number of nitrogens with one attached hydrogen (secondary N) is 2. The summed E-state index contributed by atoms with van der Waals surface area (Å²) in [5, 5.41) is 3.97. The molecule has 2 aromatic carbocycles. The van der Waals surface area contributed by atoms with Gasteiger partial charge in [-0.15, -0.1) is 0 Å². The predicted octanol–water partition coefficient (Wildman–Crippen LogP) is 3.54. The Bertz CT molecular complexity index is 1010. The highest BCUT2D eigenvalue weighted by Crippen LogP contribution is 2.31. The number of amides is 1. The van der Waals surface area contributed by atoms with Crippen LogP contribution in [0.25, 0.3) is 10.9 Å². The molecule has 2 N–H and O–H groups in total. The molecule has 3 rings (SSSR count). The van der Waals surface area contributed by atoms with Crippen LogP contribution in [-0.4, -0.2) is 37.1 Å². The Labute approximate surface area is 169 Å². The second-order valence-electron chi connectivity index (χ2n) is 6.53. The van der Waals surface area contributed by atoms with Gasteiger partial charge in [-0.2, -0.15) is 0 Å². The van der Waals surface area contributed by atoms with Crippen LogP contribution in [0.2, 0.25) is 0 Å². The molecule has 0 fully saturated rings. The predicted molar refractivity (Wildman–Crippen MR) is 112 cm³/mol. The van der Waals surface area contributed by atoms with Crippen LogP contribution in [0.1, 0.15) is 24.0 Å². The number of carbonyl (C=O) groups is 2. The van der Waals surface area contributed by atoms with Crippen LogP contribution in [-0.2, 0) is 14.3 Å². The average Bonchev–Trinajstić information content (AvgIpc) is 3.17. The van der Waals surface area contributed by atoms with Gasteiger partial charge >= 0.3 is 5.97 Å². The summed E-state index contributed by atoms with van der Waals surface area (Å²) in [6.07, 6.45) is 4.81. The summed E-state index contributed by atoms with van der Waals surface area (Å²) in [5.74, 6) is -0.189. The van der Waals surface area contributed by atoms with Gasteiger partial charge in [0, 0.05) is 35.6 Å². The summed E-state index contributed by atoms with van der Waals surface area (Å²) >= 11 is 0. The van der Waals surface area contributed by atoms with E-state index in [1.807, 2.05) is 48.7 Å². The molecule has 0 aliphatic heterocycles. The summed E-state index contributed by atoms with van der Waals surface area (Å²) in [6.45, 7) is 1.77. The number of hydrogen-bond acceptors (Lipinski definition) is 4. The monoisotopic (exact) mass is 392 g/mol. The lowest BCUT2D eigenvalue weighted by atomic mass is 9.91. The van der Waals surface area contributed by atoms with Crippen molar-refractivity contribution < 1.29 is 19.1 Å². The third kappa shape index (κ3) is 5.04. The molecule has 0 saturated heterocycles. The number of hydrogen-bond donors (Lipinski definition) is 2. The zero-order chi connectivity index (χ0) is 20.6. The van der Waals surface area contributed by atoms with Gasteiger partial charge in [0.15, 0.2) is 6.61 Å². The number of allylic oxidation sites excluding steroid dienone is 1. The zero-order valence-electron chi connectivity index (χ0n) is 16.5. The maximum absolute atomic E-state index is 12.2. The number of para-hydroxylation sites is 1. The van der Waals surface area contributed by atoms with Gasteiger partial charge in [0.05, 0.1) is 7.11 Å². The van der Waals surface area contributed by atoms with Crippen molar-refractivity contribution in [2.45, 2.75) is 12.8 Å². The number of H-pyrrole nitrogens is 1. The van der Waals surface area contributed by atoms with Gasteiger partial charge in [0.2, 0.25) is 0 Å². The molecule has 1 atom stereocenters. The lowest BCUT2D eigenvalue weighted by Gasteiger charge is -2.18. The number of fused-ring (bicyclic) bond motifs is 1. The van der Waals surface area contributed by atoms with Crippen molar-refractivity contribution in [2.24, 2.45) is 0 Å². The molecule has 1 aromatic heterocycles. The van der Waals surface area contributed by atoms with Crippen molar-refractivity contribution in [1.82, 2.24) is 10.3 Å². The van der Waals surface area contributed by atoms with Crippen molar-refractivity contribution in [3.05, 3.63) is 78.0 Å². The molecule has 0 bridgehead atoms. The molecular formula is C23H24N2O4. The highest BCUT2D eigenvalue weighted by atomic mass is 16.5. The van der Waals surface area contributed by atoms with Crippen LogP contribution >= 0.6 is 0 Å². The van der Waals surface area contributed by atoms with E-state index in [2.05, 4.69) is 16.4 Å². The Balaban J connectivity index is 1.79. The minimum atomic E-state index is -0.536. The first-order valence-electron chi connectivity index (χ1n) is 9.38. The molecule has 0 aliphatic rings. The zero-order valence-corrected chi connectivity index (χ0v) is 16.5. The van der Waals surface area contributed by atoms with Gasteiger partial charge in [-0.1, -0.05) is 36.4 Å². The fourth-order valence-electron chi connectivity index (χ4n) is 3.21. The summed E-state index contributed by atoms with van der Waals surface area (Å²) in [7, 11) is 1.63. The fourth-order valence-corrected chi connectivity index (χ4v) is 3.21. The molecule has 0 spiro atoms. The molecular weight excluding hydrogens is 368 g/mol. The first-order valence-corrected chi connectivity index (χ1v) is 9.38. The maximum atomic E-state index is 12.2. The summed E-state index contributed by atoms with van der Waals surface area (Å²) in [6, 6.07) is 15.8. The van der Waals surface area contributed by atoms with Gasteiger partial charge in [0.1, 0.15) is 5.75 Å². The van der Waals surface area contributed by atoms with Crippen LogP contribution in [0, 0.1) is 0 Å². The Hall–Kier alpha value is -3.54. The van der Waals surface area contributed by atoms with E-state index in [0.717, 1.165) is 27.8 Å². The molecule has 3 aromatic rings. The number of aromatic amines is 1. The minimum Gasteiger partial charge on any atom is -0.497 e. The molecule has 6 heteroatoms. The summed E-state index contributed by atoms with van der Waals surface area (Å²) < 4.78 is 10.2. The molecule has 1 amide bonds. The standard InChI is InChI=1S/C23H24N2O4/c1-3-6-23(27)29-15-22(26)25-13-19(16-9-11-17(28-2)12-10-16)20-14-24-21-8-5-4-7-18(20)21/h3-12,14,19,24H,13,15H2,1-2H3,(H,25,26)/b6-3+/t19-/m0/s1. The maximum Gasteiger partial charge on any atom is 0.330 e. The van der Waals surface area contributed by atoms with E-state index in [0.29, 0.717) is 6.54 Å². The average molecular weight is 392 g/mol.